The second-order valence-electron chi connectivity index (χ2n) is 5.48. The highest BCUT2D eigenvalue weighted by atomic mass is 35.5. The molecule has 0 unspecified atom stereocenters. The van der Waals surface area contributed by atoms with Gasteiger partial charge in [0, 0.05) is 11.1 Å². The Balaban J connectivity index is 1.69. The molecule has 0 aliphatic heterocycles. The Bertz CT molecular complexity index is 1010. The van der Waals surface area contributed by atoms with Gasteiger partial charge in [-0.2, -0.15) is 9.61 Å². The molecule has 0 aliphatic carbocycles. The lowest BCUT2D eigenvalue weighted by Gasteiger charge is -2.04. The quantitative estimate of drug-likeness (QED) is 0.498. The van der Waals surface area contributed by atoms with Crippen LogP contribution in [0.4, 0.5) is 0 Å². The molecule has 5 nitrogen and oxygen atoms in total. The Morgan fingerprint density at radius 3 is 2.64 bits per heavy atom. The van der Waals surface area contributed by atoms with Gasteiger partial charge < -0.3 is 4.74 Å². The van der Waals surface area contributed by atoms with Crippen molar-refractivity contribution in [1.82, 2.24) is 19.8 Å². The summed E-state index contributed by atoms with van der Waals surface area (Å²) in [6.07, 6.45) is 0.989. The highest BCUT2D eigenvalue weighted by Crippen LogP contribution is 2.31. The minimum Gasteiger partial charge on any atom is -0.494 e. The number of nitrogens with zero attached hydrogens (tertiary/aromatic N) is 4. The highest BCUT2D eigenvalue weighted by Gasteiger charge is 2.16. The molecule has 0 N–H and O–H groups in total. The molecule has 0 aliphatic rings. The number of hydrogen-bond donors (Lipinski definition) is 0. The van der Waals surface area contributed by atoms with Crippen molar-refractivity contribution < 1.29 is 4.74 Å². The second kappa shape index (κ2) is 6.82. The lowest BCUT2D eigenvalue weighted by atomic mass is 10.2. The number of aromatic nitrogens is 4. The summed E-state index contributed by atoms with van der Waals surface area (Å²) < 4.78 is 7.36. The summed E-state index contributed by atoms with van der Waals surface area (Å²) in [6, 6.07) is 15.5. The van der Waals surface area contributed by atoms with Gasteiger partial charge in [-0.25, -0.2) is 0 Å². The molecule has 0 atom stereocenters. The number of halogens is 1. The van der Waals surface area contributed by atoms with E-state index in [9.17, 15) is 0 Å². The van der Waals surface area contributed by atoms with Gasteiger partial charge in [0.15, 0.2) is 5.82 Å². The fourth-order valence-corrected chi connectivity index (χ4v) is 3.52. The maximum atomic E-state index is 6.28. The summed E-state index contributed by atoms with van der Waals surface area (Å²) in [6.45, 7) is 2.81. The zero-order valence-electron chi connectivity index (χ0n) is 13.5. The molecule has 0 fully saturated rings. The topological polar surface area (TPSA) is 52.3 Å². The third-order valence-corrected chi connectivity index (χ3v) is 4.96. The van der Waals surface area contributed by atoms with E-state index in [2.05, 4.69) is 22.2 Å². The molecule has 2 aromatic carbocycles. The van der Waals surface area contributed by atoms with E-state index < -0.39 is 0 Å². The van der Waals surface area contributed by atoms with Crippen molar-refractivity contribution >= 4 is 27.9 Å². The van der Waals surface area contributed by atoms with Crippen LogP contribution in [-0.4, -0.2) is 26.4 Å². The van der Waals surface area contributed by atoms with Gasteiger partial charge in [0.1, 0.15) is 10.8 Å². The third kappa shape index (κ3) is 3.10. The Morgan fingerprint density at radius 1 is 1.08 bits per heavy atom. The normalized spacial score (nSPS) is 11.1. The van der Waals surface area contributed by atoms with Gasteiger partial charge in [-0.05, 0) is 42.8 Å². The van der Waals surface area contributed by atoms with Crippen molar-refractivity contribution in [2.24, 2.45) is 0 Å². The molecule has 0 bridgehead atoms. The summed E-state index contributed by atoms with van der Waals surface area (Å²) >= 11 is 7.77. The van der Waals surface area contributed by atoms with E-state index in [1.807, 2.05) is 48.5 Å². The van der Waals surface area contributed by atoms with E-state index in [1.54, 1.807) is 4.52 Å². The predicted molar refractivity (Wildman–Crippen MR) is 100 cm³/mol. The van der Waals surface area contributed by atoms with Gasteiger partial charge in [0.05, 0.1) is 11.6 Å². The van der Waals surface area contributed by atoms with Crippen molar-refractivity contribution in [3.63, 3.8) is 0 Å². The molecule has 25 heavy (non-hydrogen) atoms. The number of rotatable bonds is 5. The number of hydrogen-bond acceptors (Lipinski definition) is 5. The van der Waals surface area contributed by atoms with Crippen LogP contribution in [-0.2, 0) is 0 Å². The highest BCUT2D eigenvalue weighted by molar-refractivity contribution is 7.19. The van der Waals surface area contributed by atoms with E-state index in [-0.39, 0.29) is 0 Å². The lowest BCUT2D eigenvalue weighted by Crippen LogP contribution is -1.94. The van der Waals surface area contributed by atoms with Crippen LogP contribution < -0.4 is 4.74 Å². The van der Waals surface area contributed by atoms with Gasteiger partial charge in [0.2, 0.25) is 4.96 Å². The first-order valence-corrected chi connectivity index (χ1v) is 9.16. The molecule has 126 valence electrons. The summed E-state index contributed by atoms with van der Waals surface area (Å²) in [5, 5.41) is 14.6. The molecule has 0 saturated heterocycles. The smallest absolute Gasteiger partial charge is 0.235 e. The number of fused-ring (bicyclic) bond motifs is 1. The van der Waals surface area contributed by atoms with Crippen LogP contribution in [0, 0.1) is 0 Å². The SMILES string of the molecule is CCCOc1ccc(-c2nn3c(-c4ccccc4Cl)nnc3s2)cc1. The van der Waals surface area contributed by atoms with Crippen LogP contribution in [0.25, 0.3) is 26.9 Å². The van der Waals surface area contributed by atoms with Gasteiger partial charge in [0.25, 0.3) is 0 Å². The van der Waals surface area contributed by atoms with E-state index >= 15 is 0 Å². The van der Waals surface area contributed by atoms with Crippen LogP contribution >= 0.6 is 22.9 Å². The second-order valence-corrected chi connectivity index (χ2v) is 6.84. The zero-order chi connectivity index (χ0) is 17.2. The van der Waals surface area contributed by atoms with Gasteiger partial charge in [-0.1, -0.05) is 42.0 Å². The van der Waals surface area contributed by atoms with Crippen LogP contribution in [0.5, 0.6) is 5.75 Å². The molecular formula is C18H15ClN4OS. The molecule has 0 amide bonds. The van der Waals surface area contributed by atoms with Crippen LogP contribution in [0.15, 0.2) is 48.5 Å². The van der Waals surface area contributed by atoms with Gasteiger partial charge in [-0.3, -0.25) is 0 Å². The maximum Gasteiger partial charge on any atom is 0.235 e. The maximum absolute atomic E-state index is 6.28. The fraction of sp³-hybridized carbons (Fsp3) is 0.167. The predicted octanol–water partition coefficient (Wildman–Crippen LogP) is 4.96. The molecule has 0 radical (unpaired) electrons. The van der Waals surface area contributed by atoms with Crippen LogP contribution in [0.2, 0.25) is 5.02 Å². The van der Waals surface area contributed by atoms with Gasteiger partial charge >= 0.3 is 0 Å². The fourth-order valence-electron chi connectivity index (χ4n) is 2.46. The summed E-state index contributed by atoms with van der Waals surface area (Å²) in [7, 11) is 0. The van der Waals surface area contributed by atoms with E-state index in [0.29, 0.717) is 10.8 Å². The largest absolute Gasteiger partial charge is 0.494 e. The first kappa shape index (κ1) is 16.1. The zero-order valence-corrected chi connectivity index (χ0v) is 15.1. The average Bonchev–Trinajstić information content (AvgIpc) is 3.22. The Hall–Kier alpha value is -2.44. The molecule has 4 aromatic rings. The molecule has 4 rings (SSSR count). The molecule has 7 heteroatoms. The van der Waals surface area contributed by atoms with Crippen LogP contribution in [0.3, 0.4) is 0 Å². The van der Waals surface area contributed by atoms with Gasteiger partial charge in [-0.15, -0.1) is 10.2 Å². The van der Waals surface area contributed by atoms with Crippen molar-refractivity contribution in [2.75, 3.05) is 6.61 Å². The van der Waals surface area contributed by atoms with Crippen LogP contribution in [0.1, 0.15) is 13.3 Å². The Morgan fingerprint density at radius 2 is 1.88 bits per heavy atom. The Kier molecular flexibility index (Phi) is 4.38. The molecule has 2 heterocycles. The lowest BCUT2D eigenvalue weighted by molar-refractivity contribution is 0.317. The monoisotopic (exact) mass is 370 g/mol. The molecular weight excluding hydrogens is 356 g/mol. The van der Waals surface area contributed by atoms with Crippen molar-refractivity contribution in [2.45, 2.75) is 13.3 Å². The Labute approximate surface area is 153 Å². The van der Waals surface area contributed by atoms with Crippen molar-refractivity contribution in [1.29, 1.82) is 0 Å². The first-order valence-electron chi connectivity index (χ1n) is 7.96. The number of ether oxygens (including phenoxy) is 1. The summed E-state index contributed by atoms with van der Waals surface area (Å²) in [5.74, 6) is 1.51. The minimum atomic E-state index is 0.628. The van der Waals surface area contributed by atoms with Crippen molar-refractivity contribution in [3.8, 4) is 27.7 Å². The standard InChI is InChI=1S/C18H15ClN4OS/c1-2-11-24-13-9-7-12(8-10-13)17-22-23-16(20-21-18(23)25-17)14-5-3-4-6-15(14)19/h3-10H,2,11H2,1H3. The molecule has 0 saturated carbocycles. The summed E-state index contributed by atoms with van der Waals surface area (Å²) in [5.41, 5.74) is 1.83. The third-order valence-electron chi connectivity index (χ3n) is 3.68. The van der Waals surface area contributed by atoms with Crippen molar-refractivity contribution in [3.05, 3.63) is 53.6 Å². The first-order chi connectivity index (χ1) is 12.3. The molecule has 2 aromatic heterocycles. The minimum absolute atomic E-state index is 0.628. The molecule has 0 spiro atoms. The average molecular weight is 371 g/mol. The summed E-state index contributed by atoms with van der Waals surface area (Å²) in [4.78, 5) is 0.733. The van der Waals surface area contributed by atoms with E-state index in [0.717, 1.165) is 39.9 Å². The van der Waals surface area contributed by atoms with E-state index in [1.165, 1.54) is 11.3 Å². The number of benzene rings is 2. The van der Waals surface area contributed by atoms with E-state index in [4.69, 9.17) is 16.3 Å².